The highest BCUT2D eigenvalue weighted by molar-refractivity contribution is 8.93. The quantitative estimate of drug-likeness (QED) is 0.660. The molecule has 3 heterocycles. The maximum absolute atomic E-state index is 5.27. The minimum atomic E-state index is 0. The number of likely N-dealkylation sites (tertiary alicyclic amines) is 1. The molecule has 2 saturated heterocycles. The molecule has 0 aliphatic carbocycles. The van der Waals surface area contributed by atoms with Crippen LogP contribution in [0, 0.1) is 0 Å². The third-order valence-electron chi connectivity index (χ3n) is 4.84. The summed E-state index contributed by atoms with van der Waals surface area (Å²) in [5.74, 6) is 0. The van der Waals surface area contributed by atoms with Gasteiger partial charge in [0.15, 0.2) is 0 Å². The molecule has 2 aliphatic heterocycles. The van der Waals surface area contributed by atoms with E-state index in [-0.39, 0.29) is 17.0 Å². The highest BCUT2D eigenvalue weighted by Gasteiger charge is 2.34. The van der Waals surface area contributed by atoms with Gasteiger partial charge in [-0.25, -0.2) is 0 Å². The molecule has 2 aromatic rings. The third kappa shape index (κ3) is 5.09. The number of benzene rings is 1. The first-order chi connectivity index (χ1) is 12.4. The Labute approximate surface area is 165 Å². The summed E-state index contributed by atoms with van der Waals surface area (Å²) in [7, 11) is 0. The highest BCUT2D eigenvalue weighted by atomic mass is 79.9. The van der Waals surface area contributed by atoms with Crippen molar-refractivity contribution in [3.63, 3.8) is 0 Å². The summed E-state index contributed by atoms with van der Waals surface area (Å²) >= 11 is 0. The summed E-state index contributed by atoms with van der Waals surface area (Å²) in [4.78, 5) is 12.1. The van der Waals surface area contributed by atoms with Gasteiger partial charge < -0.3 is 5.32 Å². The second kappa shape index (κ2) is 9.55. The number of hydrogen-bond donors (Lipinski definition) is 3. The molecule has 4 rings (SSSR count). The first-order valence-electron chi connectivity index (χ1n) is 8.88. The normalized spacial score (nSPS) is 22.6. The van der Waals surface area contributed by atoms with Crippen LogP contribution < -0.4 is 16.1 Å². The van der Waals surface area contributed by atoms with Crippen LogP contribution in [-0.4, -0.2) is 41.8 Å². The van der Waals surface area contributed by atoms with Gasteiger partial charge in [-0.3, -0.25) is 20.0 Å². The predicted octanol–water partition coefficient (Wildman–Crippen LogP) is 1.58. The molecule has 6 nitrogen and oxygen atoms in total. The number of halogens is 1. The van der Waals surface area contributed by atoms with Crippen molar-refractivity contribution in [2.45, 2.75) is 31.7 Å². The molecular weight excluding hydrogens is 394 g/mol. The topological polar surface area (TPSA) is 61.5 Å². The standard InChI is InChI=1S/C19H25N5O.BrH/c1-2-8-21-17(3-1)10-20-9-15-4-6-16(7-5-15)11-24-12-18-19(13-24)23-25-14-22-18;/h1-8,18-20,22-23H,9-14H2;1H. The fraction of sp³-hybridized carbons (Fsp3) is 0.421. The predicted molar refractivity (Wildman–Crippen MR) is 107 cm³/mol. The number of hydroxylamine groups is 1. The molecule has 26 heavy (non-hydrogen) atoms. The number of nitrogens with zero attached hydrogens (tertiary/aromatic N) is 2. The van der Waals surface area contributed by atoms with Crippen molar-refractivity contribution in [3.05, 3.63) is 65.5 Å². The molecule has 0 saturated carbocycles. The van der Waals surface area contributed by atoms with Crippen LogP contribution in [-0.2, 0) is 24.5 Å². The first kappa shape index (κ1) is 19.4. The van der Waals surface area contributed by atoms with E-state index in [0.717, 1.165) is 38.4 Å². The maximum atomic E-state index is 5.27. The highest BCUT2D eigenvalue weighted by Crippen LogP contribution is 2.16. The van der Waals surface area contributed by atoms with Crippen LogP contribution in [0.4, 0.5) is 0 Å². The van der Waals surface area contributed by atoms with Crippen LogP contribution in [0.2, 0.25) is 0 Å². The second-order valence-corrected chi connectivity index (χ2v) is 6.76. The lowest BCUT2D eigenvalue weighted by atomic mass is 10.1. The molecule has 0 spiro atoms. The van der Waals surface area contributed by atoms with E-state index in [1.807, 2.05) is 24.4 Å². The lowest BCUT2D eigenvalue weighted by molar-refractivity contribution is -0.0347. The Morgan fingerprint density at radius 2 is 1.85 bits per heavy atom. The zero-order valence-electron chi connectivity index (χ0n) is 14.7. The first-order valence-corrected chi connectivity index (χ1v) is 8.88. The number of rotatable bonds is 6. The fourth-order valence-electron chi connectivity index (χ4n) is 3.50. The Balaban J connectivity index is 0.00000196. The number of aromatic nitrogens is 1. The van der Waals surface area contributed by atoms with E-state index in [4.69, 9.17) is 4.84 Å². The van der Waals surface area contributed by atoms with Crippen LogP contribution >= 0.6 is 17.0 Å². The van der Waals surface area contributed by atoms with Gasteiger partial charge in [0.2, 0.25) is 0 Å². The zero-order chi connectivity index (χ0) is 16.9. The molecule has 0 bridgehead atoms. The Kier molecular flexibility index (Phi) is 7.13. The van der Waals surface area contributed by atoms with E-state index in [1.54, 1.807) is 0 Å². The van der Waals surface area contributed by atoms with Gasteiger partial charge in [0.05, 0.1) is 11.7 Å². The SMILES string of the molecule is Br.c1ccc(CNCc2ccc(CN3CC4NCONC4C3)cc2)nc1. The van der Waals surface area contributed by atoms with Gasteiger partial charge in [-0.05, 0) is 23.3 Å². The lowest BCUT2D eigenvalue weighted by Gasteiger charge is -2.26. The van der Waals surface area contributed by atoms with E-state index >= 15 is 0 Å². The van der Waals surface area contributed by atoms with Crippen molar-refractivity contribution in [1.82, 2.24) is 26.0 Å². The van der Waals surface area contributed by atoms with Crippen molar-refractivity contribution >= 4 is 17.0 Å². The van der Waals surface area contributed by atoms with Gasteiger partial charge in [-0.1, -0.05) is 30.3 Å². The number of hydrogen-bond acceptors (Lipinski definition) is 6. The monoisotopic (exact) mass is 419 g/mol. The summed E-state index contributed by atoms with van der Waals surface area (Å²) in [6.07, 6.45) is 1.83. The number of pyridine rings is 1. The zero-order valence-corrected chi connectivity index (χ0v) is 16.4. The van der Waals surface area contributed by atoms with E-state index in [0.29, 0.717) is 18.8 Å². The van der Waals surface area contributed by atoms with Crippen LogP contribution in [0.15, 0.2) is 48.7 Å². The summed E-state index contributed by atoms with van der Waals surface area (Å²) < 4.78 is 0. The summed E-state index contributed by atoms with van der Waals surface area (Å²) in [6.45, 7) is 5.31. The smallest absolute Gasteiger partial charge is 0.119 e. The van der Waals surface area contributed by atoms with E-state index in [1.165, 1.54) is 11.1 Å². The largest absolute Gasteiger partial charge is 0.307 e. The summed E-state index contributed by atoms with van der Waals surface area (Å²) in [5, 5.41) is 6.84. The fourth-order valence-corrected chi connectivity index (χ4v) is 3.50. The van der Waals surface area contributed by atoms with Crippen molar-refractivity contribution in [2.75, 3.05) is 19.8 Å². The summed E-state index contributed by atoms with van der Waals surface area (Å²) in [6, 6.07) is 15.8. The summed E-state index contributed by atoms with van der Waals surface area (Å²) in [5.41, 5.74) is 6.85. The molecule has 140 valence electrons. The van der Waals surface area contributed by atoms with Crippen LogP contribution in [0.1, 0.15) is 16.8 Å². The molecule has 2 unspecified atom stereocenters. The maximum Gasteiger partial charge on any atom is 0.119 e. The lowest BCUT2D eigenvalue weighted by Crippen LogP contribution is -2.53. The molecule has 1 aromatic heterocycles. The Bertz CT molecular complexity index is 655. The molecule has 3 N–H and O–H groups in total. The van der Waals surface area contributed by atoms with Gasteiger partial charge in [0, 0.05) is 45.0 Å². The molecule has 7 heteroatoms. The van der Waals surface area contributed by atoms with Gasteiger partial charge in [-0.15, -0.1) is 17.0 Å². The minimum Gasteiger partial charge on any atom is -0.307 e. The van der Waals surface area contributed by atoms with Crippen LogP contribution in [0.25, 0.3) is 0 Å². The van der Waals surface area contributed by atoms with E-state index in [9.17, 15) is 0 Å². The molecule has 2 fully saturated rings. The Hall–Kier alpha value is -1.35. The van der Waals surface area contributed by atoms with Crippen LogP contribution in [0.5, 0.6) is 0 Å². The number of nitrogens with one attached hydrogen (secondary N) is 3. The van der Waals surface area contributed by atoms with E-state index in [2.05, 4.69) is 50.3 Å². The van der Waals surface area contributed by atoms with Gasteiger partial charge in [0.25, 0.3) is 0 Å². The third-order valence-corrected chi connectivity index (χ3v) is 4.84. The average molecular weight is 420 g/mol. The molecule has 0 amide bonds. The molecular formula is C19H26BrN5O. The van der Waals surface area contributed by atoms with Crippen molar-refractivity contribution in [3.8, 4) is 0 Å². The minimum absolute atomic E-state index is 0. The van der Waals surface area contributed by atoms with Crippen molar-refractivity contribution in [1.29, 1.82) is 0 Å². The molecule has 1 aromatic carbocycles. The van der Waals surface area contributed by atoms with Gasteiger partial charge in [0.1, 0.15) is 6.73 Å². The van der Waals surface area contributed by atoms with Crippen molar-refractivity contribution < 1.29 is 4.84 Å². The number of fused-ring (bicyclic) bond motifs is 1. The van der Waals surface area contributed by atoms with Crippen molar-refractivity contribution in [2.24, 2.45) is 0 Å². The van der Waals surface area contributed by atoms with Gasteiger partial charge in [-0.2, -0.15) is 5.48 Å². The molecule has 2 aliphatic rings. The Morgan fingerprint density at radius 3 is 2.62 bits per heavy atom. The molecule has 2 atom stereocenters. The second-order valence-electron chi connectivity index (χ2n) is 6.76. The molecule has 0 radical (unpaired) electrons. The average Bonchev–Trinajstić information content (AvgIpc) is 3.06. The van der Waals surface area contributed by atoms with E-state index < -0.39 is 0 Å². The van der Waals surface area contributed by atoms with Crippen LogP contribution in [0.3, 0.4) is 0 Å². The Morgan fingerprint density at radius 1 is 1.04 bits per heavy atom. The van der Waals surface area contributed by atoms with Gasteiger partial charge >= 0.3 is 0 Å².